The molecule has 0 aliphatic heterocycles. The van der Waals surface area contributed by atoms with Crippen molar-refractivity contribution < 1.29 is 14.7 Å². The zero-order valence-electron chi connectivity index (χ0n) is 9.88. The highest BCUT2D eigenvalue weighted by Gasteiger charge is 2.14. The van der Waals surface area contributed by atoms with Crippen molar-refractivity contribution in [2.24, 2.45) is 0 Å². The Bertz CT molecular complexity index is 559. The van der Waals surface area contributed by atoms with Gasteiger partial charge in [0.15, 0.2) is 5.78 Å². The number of carbonyl (C=O) groups is 2. The van der Waals surface area contributed by atoms with Crippen LogP contribution < -0.4 is 0 Å². The molecule has 2 aromatic carbocycles. The minimum absolute atomic E-state index is 0.0780. The summed E-state index contributed by atoms with van der Waals surface area (Å²) < 4.78 is 0. The van der Waals surface area contributed by atoms with Gasteiger partial charge in [-0.3, -0.25) is 4.79 Å². The molecule has 0 atom stereocenters. The van der Waals surface area contributed by atoms with Crippen molar-refractivity contribution in [3.8, 4) is 11.1 Å². The third-order valence-electron chi connectivity index (χ3n) is 2.75. The minimum atomic E-state index is -0.996. The van der Waals surface area contributed by atoms with Crippen molar-refractivity contribution in [1.82, 2.24) is 0 Å². The molecule has 2 aromatic rings. The number of aromatic carboxylic acids is 1. The Balaban J connectivity index is 2.70. The van der Waals surface area contributed by atoms with E-state index < -0.39 is 5.97 Å². The maximum absolute atomic E-state index is 11.6. The lowest BCUT2D eigenvalue weighted by Gasteiger charge is -2.09. The molecule has 18 heavy (non-hydrogen) atoms. The van der Waals surface area contributed by atoms with Gasteiger partial charge in [-0.1, -0.05) is 42.5 Å². The molecule has 0 aliphatic rings. The number of benzene rings is 2. The molecule has 0 radical (unpaired) electrons. The van der Waals surface area contributed by atoms with Crippen LogP contribution >= 0.6 is 0 Å². The van der Waals surface area contributed by atoms with Crippen molar-refractivity contribution in [3.63, 3.8) is 0 Å². The van der Waals surface area contributed by atoms with Gasteiger partial charge in [-0.15, -0.1) is 0 Å². The fourth-order valence-electron chi connectivity index (χ4n) is 1.93. The predicted octanol–water partition coefficient (Wildman–Crippen LogP) is 3.25. The number of rotatable bonds is 3. The Morgan fingerprint density at radius 2 is 1.28 bits per heavy atom. The first kappa shape index (κ1) is 12.0. The van der Waals surface area contributed by atoms with Gasteiger partial charge in [-0.05, 0) is 24.1 Å². The van der Waals surface area contributed by atoms with Gasteiger partial charge in [0, 0.05) is 5.56 Å². The number of ketones is 1. The molecule has 0 saturated carbocycles. The highest BCUT2D eigenvalue weighted by atomic mass is 16.4. The number of Topliss-reactive ketones (excluding diaryl/α,β-unsaturated/α-hetero) is 1. The monoisotopic (exact) mass is 240 g/mol. The second kappa shape index (κ2) is 4.84. The summed E-state index contributed by atoms with van der Waals surface area (Å²) >= 11 is 0. The van der Waals surface area contributed by atoms with Crippen molar-refractivity contribution in [1.29, 1.82) is 0 Å². The second-order valence-electron chi connectivity index (χ2n) is 3.95. The van der Waals surface area contributed by atoms with Gasteiger partial charge in [0.25, 0.3) is 0 Å². The highest BCUT2D eigenvalue weighted by Crippen LogP contribution is 2.27. The smallest absolute Gasteiger partial charge is 0.336 e. The highest BCUT2D eigenvalue weighted by molar-refractivity contribution is 6.04. The molecule has 0 saturated heterocycles. The Labute approximate surface area is 105 Å². The molecule has 3 heteroatoms. The van der Waals surface area contributed by atoms with E-state index in [9.17, 15) is 14.7 Å². The predicted molar refractivity (Wildman–Crippen MR) is 68.8 cm³/mol. The van der Waals surface area contributed by atoms with Gasteiger partial charge in [-0.25, -0.2) is 4.79 Å². The Morgan fingerprint density at radius 3 is 1.78 bits per heavy atom. The van der Waals surface area contributed by atoms with Gasteiger partial charge >= 0.3 is 5.97 Å². The van der Waals surface area contributed by atoms with Crippen LogP contribution in [0.25, 0.3) is 11.1 Å². The minimum Gasteiger partial charge on any atom is -0.478 e. The molecule has 0 heterocycles. The van der Waals surface area contributed by atoms with Crippen LogP contribution in [0.1, 0.15) is 27.6 Å². The number of carboxylic acids is 1. The van der Waals surface area contributed by atoms with E-state index in [1.54, 1.807) is 42.5 Å². The molecule has 0 bridgehead atoms. The van der Waals surface area contributed by atoms with E-state index in [1.165, 1.54) is 13.0 Å². The topological polar surface area (TPSA) is 54.4 Å². The summed E-state index contributed by atoms with van der Waals surface area (Å²) in [5, 5.41) is 9.17. The van der Waals surface area contributed by atoms with E-state index in [0.717, 1.165) is 0 Å². The van der Waals surface area contributed by atoms with E-state index in [4.69, 9.17) is 0 Å². The largest absolute Gasteiger partial charge is 0.478 e. The molecule has 3 nitrogen and oxygen atoms in total. The number of carbonyl (C=O) groups excluding carboxylic acids is 1. The molecule has 0 unspecified atom stereocenters. The molecular weight excluding hydrogens is 228 g/mol. The quantitative estimate of drug-likeness (QED) is 0.838. The van der Waals surface area contributed by atoms with Gasteiger partial charge in [-0.2, -0.15) is 0 Å². The van der Waals surface area contributed by atoms with Crippen LogP contribution in [-0.4, -0.2) is 16.9 Å². The van der Waals surface area contributed by atoms with Crippen LogP contribution in [0.15, 0.2) is 48.5 Å². The summed E-state index contributed by atoms with van der Waals surface area (Å²) in [5.41, 5.74) is 1.95. The van der Waals surface area contributed by atoms with E-state index in [2.05, 4.69) is 0 Å². The average Bonchev–Trinajstić information content (AvgIpc) is 2.38. The van der Waals surface area contributed by atoms with Gasteiger partial charge < -0.3 is 5.11 Å². The third kappa shape index (κ3) is 2.15. The summed E-state index contributed by atoms with van der Waals surface area (Å²) in [4.78, 5) is 22.8. The van der Waals surface area contributed by atoms with E-state index in [0.29, 0.717) is 16.7 Å². The van der Waals surface area contributed by atoms with E-state index in [1.807, 2.05) is 0 Å². The van der Waals surface area contributed by atoms with Crippen LogP contribution in [-0.2, 0) is 0 Å². The lowest BCUT2D eigenvalue weighted by atomic mass is 9.94. The Morgan fingerprint density at radius 1 is 0.833 bits per heavy atom. The normalized spacial score (nSPS) is 10.1. The number of hydrogen-bond acceptors (Lipinski definition) is 2. The first-order valence-corrected chi connectivity index (χ1v) is 5.54. The van der Waals surface area contributed by atoms with Crippen LogP contribution in [0.2, 0.25) is 0 Å². The second-order valence-corrected chi connectivity index (χ2v) is 3.95. The van der Waals surface area contributed by atoms with Crippen LogP contribution in [0.3, 0.4) is 0 Å². The fourth-order valence-corrected chi connectivity index (χ4v) is 1.93. The van der Waals surface area contributed by atoms with Gasteiger partial charge in [0.1, 0.15) is 0 Å². The molecule has 0 fully saturated rings. The third-order valence-corrected chi connectivity index (χ3v) is 2.75. The van der Waals surface area contributed by atoms with Crippen molar-refractivity contribution >= 4 is 11.8 Å². The standard InChI is InChI=1S/C15H12O3/c1-10(16)11-6-2-3-7-12(11)13-8-4-5-9-14(13)15(17)18/h2-9H,1H3,(H,17,18). The van der Waals surface area contributed by atoms with Crippen LogP contribution in [0.4, 0.5) is 0 Å². The fraction of sp³-hybridized carbons (Fsp3) is 0.0667. The van der Waals surface area contributed by atoms with Crippen molar-refractivity contribution in [2.75, 3.05) is 0 Å². The summed E-state index contributed by atoms with van der Waals surface area (Å²) in [6, 6.07) is 13.7. The maximum Gasteiger partial charge on any atom is 0.336 e. The summed E-state index contributed by atoms with van der Waals surface area (Å²) in [5.74, 6) is -1.07. The Kier molecular flexibility index (Phi) is 3.24. The molecule has 0 amide bonds. The van der Waals surface area contributed by atoms with Crippen molar-refractivity contribution in [3.05, 3.63) is 59.7 Å². The lowest BCUT2D eigenvalue weighted by molar-refractivity contribution is 0.0697. The summed E-state index contributed by atoms with van der Waals surface area (Å²) in [7, 11) is 0. The zero-order valence-corrected chi connectivity index (χ0v) is 9.88. The van der Waals surface area contributed by atoms with E-state index >= 15 is 0 Å². The number of hydrogen-bond donors (Lipinski definition) is 1. The van der Waals surface area contributed by atoms with E-state index in [-0.39, 0.29) is 11.3 Å². The van der Waals surface area contributed by atoms with Gasteiger partial charge in [0.2, 0.25) is 0 Å². The SMILES string of the molecule is CC(=O)c1ccccc1-c1ccccc1C(=O)O. The van der Waals surface area contributed by atoms with Crippen LogP contribution in [0.5, 0.6) is 0 Å². The van der Waals surface area contributed by atoms with Crippen molar-refractivity contribution in [2.45, 2.75) is 6.92 Å². The average molecular weight is 240 g/mol. The number of carboxylic acid groups (broad SMARTS) is 1. The summed E-state index contributed by atoms with van der Waals surface area (Å²) in [6.45, 7) is 1.47. The first-order chi connectivity index (χ1) is 8.61. The molecule has 0 spiro atoms. The Hall–Kier alpha value is -2.42. The summed E-state index contributed by atoms with van der Waals surface area (Å²) in [6.07, 6.45) is 0. The molecular formula is C15H12O3. The van der Waals surface area contributed by atoms with Gasteiger partial charge in [0.05, 0.1) is 5.56 Å². The lowest BCUT2D eigenvalue weighted by Crippen LogP contribution is -2.02. The maximum atomic E-state index is 11.6. The molecule has 0 aliphatic carbocycles. The first-order valence-electron chi connectivity index (χ1n) is 5.54. The molecule has 90 valence electrons. The van der Waals surface area contributed by atoms with Crippen LogP contribution in [0, 0.1) is 0 Å². The molecule has 0 aromatic heterocycles. The molecule has 2 rings (SSSR count). The zero-order chi connectivity index (χ0) is 13.1. The molecule has 1 N–H and O–H groups in total.